The van der Waals surface area contributed by atoms with Crippen LogP contribution in [0, 0.1) is 0 Å². The van der Waals surface area contributed by atoms with E-state index >= 15 is 0 Å². The van der Waals surface area contributed by atoms with Gasteiger partial charge in [-0.25, -0.2) is 9.97 Å². The van der Waals surface area contributed by atoms with Gasteiger partial charge in [-0.1, -0.05) is 30.3 Å². The van der Waals surface area contributed by atoms with Crippen LogP contribution in [-0.2, 0) is 11.3 Å². The van der Waals surface area contributed by atoms with Crippen LogP contribution in [-0.4, -0.2) is 59.8 Å². The monoisotopic (exact) mass is 373 g/mol. The minimum absolute atomic E-state index is 0.0748. The normalized spacial score (nSPS) is 25.1. The molecule has 1 aliphatic heterocycles. The SMILES string of the molecule is O=c1[nH]cnc2c1nc(NCc1ccccc1)n2[C@H]1O[C@@H](CO)[C@H](O)[C@H]1O. The van der Waals surface area contributed by atoms with E-state index in [0.29, 0.717) is 6.54 Å². The van der Waals surface area contributed by atoms with Crippen LogP contribution in [0.1, 0.15) is 11.8 Å². The summed E-state index contributed by atoms with van der Waals surface area (Å²) in [4.78, 5) is 23.0. The summed E-state index contributed by atoms with van der Waals surface area (Å²) in [5.41, 5.74) is 0.822. The molecule has 3 heterocycles. The van der Waals surface area contributed by atoms with Crippen molar-refractivity contribution in [2.24, 2.45) is 0 Å². The number of hydrogen-bond donors (Lipinski definition) is 5. The van der Waals surface area contributed by atoms with Crippen LogP contribution < -0.4 is 10.9 Å². The molecule has 5 N–H and O–H groups in total. The third-order valence-electron chi connectivity index (χ3n) is 4.55. The van der Waals surface area contributed by atoms with E-state index in [2.05, 4.69) is 20.3 Å². The number of imidazole rings is 1. The zero-order chi connectivity index (χ0) is 19.0. The molecular formula is C17H19N5O5. The Labute approximate surface area is 153 Å². The highest BCUT2D eigenvalue weighted by molar-refractivity contribution is 5.73. The molecule has 0 aliphatic carbocycles. The molecule has 10 nitrogen and oxygen atoms in total. The fraction of sp³-hybridized carbons (Fsp3) is 0.353. The van der Waals surface area contributed by atoms with Crippen molar-refractivity contribution in [2.75, 3.05) is 11.9 Å². The fourth-order valence-corrected chi connectivity index (χ4v) is 3.16. The highest BCUT2D eigenvalue weighted by atomic mass is 16.6. The van der Waals surface area contributed by atoms with Crippen molar-refractivity contribution in [1.29, 1.82) is 0 Å². The van der Waals surface area contributed by atoms with E-state index in [1.54, 1.807) is 0 Å². The Kier molecular flexibility index (Phi) is 4.62. The highest BCUT2D eigenvalue weighted by Gasteiger charge is 2.45. The molecular weight excluding hydrogens is 354 g/mol. The quantitative estimate of drug-likeness (QED) is 0.396. The number of hydrogen-bond acceptors (Lipinski definition) is 8. The summed E-state index contributed by atoms with van der Waals surface area (Å²) in [6.45, 7) is -0.0426. The summed E-state index contributed by atoms with van der Waals surface area (Å²) in [5, 5.41) is 32.9. The highest BCUT2D eigenvalue weighted by Crippen LogP contribution is 2.33. The van der Waals surface area contributed by atoms with Crippen LogP contribution in [0.5, 0.6) is 0 Å². The maximum atomic E-state index is 12.1. The average Bonchev–Trinajstić information content (AvgIpc) is 3.19. The lowest BCUT2D eigenvalue weighted by Gasteiger charge is -2.19. The van der Waals surface area contributed by atoms with Gasteiger partial charge in [-0.05, 0) is 5.56 Å². The van der Waals surface area contributed by atoms with Crippen molar-refractivity contribution < 1.29 is 20.1 Å². The number of fused-ring (bicyclic) bond motifs is 1. The first-order valence-corrected chi connectivity index (χ1v) is 8.46. The lowest BCUT2D eigenvalue weighted by molar-refractivity contribution is -0.0501. The summed E-state index contributed by atoms with van der Waals surface area (Å²) >= 11 is 0. The van der Waals surface area contributed by atoms with E-state index < -0.39 is 36.7 Å². The van der Waals surface area contributed by atoms with Crippen LogP contribution in [0.2, 0.25) is 0 Å². The summed E-state index contributed by atoms with van der Waals surface area (Å²) < 4.78 is 7.03. The van der Waals surface area contributed by atoms with Crippen LogP contribution in [0.15, 0.2) is 41.5 Å². The smallest absolute Gasteiger partial charge is 0.278 e. The minimum Gasteiger partial charge on any atom is -0.394 e. The maximum Gasteiger partial charge on any atom is 0.278 e. The number of nitrogens with one attached hydrogen (secondary N) is 2. The van der Waals surface area contributed by atoms with E-state index in [1.165, 1.54) is 10.9 Å². The number of ether oxygens (including phenoxy) is 1. The summed E-state index contributed by atoms with van der Waals surface area (Å²) in [5.74, 6) is 0.257. The number of aliphatic hydroxyl groups excluding tert-OH is 3. The average molecular weight is 373 g/mol. The van der Waals surface area contributed by atoms with Gasteiger partial charge in [0.1, 0.15) is 18.3 Å². The summed E-state index contributed by atoms with van der Waals surface area (Å²) in [7, 11) is 0. The second-order valence-corrected chi connectivity index (χ2v) is 6.28. The molecule has 0 unspecified atom stereocenters. The van der Waals surface area contributed by atoms with Crippen LogP contribution in [0.4, 0.5) is 5.95 Å². The van der Waals surface area contributed by atoms with Crippen molar-refractivity contribution in [3.8, 4) is 0 Å². The van der Waals surface area contributed by atoms with E-state index in [-0.39, 0.29) is 17.1 Å². The van der Waals surface area contributed by atoms with Crippen molar-refractivity contribution in [3.63, 3.8) is 0 Å². The van der Waals surface area contributed by atoms with Crippen molar-refractivity contribution in [1.82, 2.24) is 19.5 Å². The van der Waals surface area contributed by atoms with Gasteiger partial charge in [0.05, 0.1) is 12.9 Å². The largest absolute Gasteiger partial charge is 0.394 e. The van der Waals surface area contributed by atoms with Gasteiger partial charge in [0.15, 0.2) is 17.4 Å². The number of anilines is 1. The number of rotatable bonds is 5. The molecule has 142 valence electrons. The van der Waals surface area contributed by atoms with Gasteiger partial charge >= 0.3 is 0 Å². The van der Waals surface area contributed by atoms with Crippen LogP contribution in [0.3, 0.4) is 0 Å². The molecule has 0 amide bonds. The van der Waals surface area contributed by atoms with Crippen LogP contribution in [0.25, 0.3) is 11.2 Å². The van der Waals surface area contributed by atoms with Gasteiger partial charge in [0.2, 0.25) is 5.95 Å². The van der Waals surface area contributed by atoms with E-state index in [1.807, 2.05) is 30.3 Å². The molecule has 4 rings (SSSR count). The Hall–Kier alpha value is -2.79. The number of H-pyrrole nitrogens is 1. The van der Waals surface area contributed by atoms with Gasteiger partial charge in [-0.15, -0.1) is 0 Å². The number of aromatic amines is 1. The molecule has 1 aromatic carbocycles. The maximum absolute atomic E-state index is 12.1. The molecule has 4 atom stereocenters. The van der Waals surface area contributed by atoms with E-state index in [9.17, 15) is 20.1 Å². The Morgan fingerprint density at radius 2 is 2.00 bits per heavy atom. The number of benzene rings is 1. The standard InChI is InChI=1S/C17H19N5O5/c23-7-10-12(24)13(25)16(27-10)22-14-11(15(26)20-8-19-14)21-17(22)18-6-9-4-2-1-3-5-9/h1-5,8,10,12-13,16,23-25H,6-7H2,(H,18,21)(H,19,20,26)/t10-,12-,13+,16-/m0/s1. The van der Waals surface area contributed by atoms with Crippen molar-refractivity contribution >= 4 is 17.1 Å². The Morgan fingerprint density at radius 3 is 2.70 bits per heavy atom. The zero-order valence-electron chi connectivity index (χ0n) is 14.2. The Morgan fingerprint density at radius 1 is 1.22 bits per heavy atom. The van der Waals surface area contributed by atoms with Gasteiger partial charge in [0, 0.05) is 6.54 Å². The summed E-state index contributed by atoms with van der Waals surface area (Å²) in [6, 6.07) is 9.56. The van der Waals surface area contributed by atoms with E-state index in [0.717, 1.165) is 5.56 Å². The second kappa shape index (κ2) is 7.08. The molecule has 1 saturated heterocycles. The summed E-state index contributed by atoms with van der Waals surface area (Å²) in [6.07, 6.45) is -3.38. The fourth-order valence-electron chi connectivity index (χ4n) is 3.16. The molecule has 3 aromatic rings. The van der Waals surface area contributed by atoms with Gasteiger partial charge in [-0.2, -0.15) is 0 Å². The Balaban J connectivity index is 1.76. The molecule has 0 radical (unpaired) electrons. The second-order valence-electron chi connectivity index (χ2n) is 6.28. The first kappa shape index (κ1) is 17.6. The van der Waals surface area contributed by atoms with E-state index in [4.69, 9.17) is 4.74 Å². The van der Waals surface area contributed by atoms with Crippen LogP contribution >= 0.6 is 0 Å². The topological polar surface area (TPSA) is 146 Å². The lowest BCUT2D eigenvalue weighted by Crippen LogP contribution is -2.33. The lowest BCUT2D eigenvalue weighted by atomic mass is 10.1. The third kappa shape index (κ3) is 3.08. The zero-order valence-corrected chi connectivity index (χ0v) is 14.2. The molecule has 0 spiro atoms. The number of aromatic nitrogens is 4. The number of nitrogens with zero attached hydrogens (tertiary/aromatic N) is 3. The van der Waals surface area contributed by atoms with Gasteiger partial charge < -0.3 is 30.4 Å². The molecule has 1 fully saturated rings. The van der Waals surface area contributed by atoms with Crippen molar-refractivity contribution in [3.05, 3.63) is 52.6 Å². The van der Waals surface area contributed by atoms with Crippen molar-refractivity contribution in [2.45, 2.75) is 31.1 Å². The molecule has 1 aliphatic rings. The molecule has 10 heteroatoms. The number of aliphatic hydroxyl groups is 3. The predicted molar refractivity (Wildman–Crippen MR) is 94.9 cm³/mol. The molecule has 2 aromatic heterocycles. The Bertz CT molecular complexity index is 988. The molecule has 0 saturated carbocycles. The first-order chi connectivity index (χ1) is 13.1. The molecule has 0 bridgehead atoms. The third-order valence-corrected chi connectivity index (χ3v) is 4.55. The minimum atomic E-state index is -1.32. The molecule has 27 heavy (non-hydrogen) atoms. The first-order valence-electron chi connectivity index (χ1n) is 8.46. The van der Waals surface area contributed by atoms with Gasteiger partial charge in [-0.3, -0.25) is 9.36 Å². The van der Waals surface area contributed by atoms with Gasteiger partial charge in [0.25, 0.3) is 5.56 Å². The predicted octanol–water partition coefficient (Wildman–Crippen LogP) is -0.657.